The van der Waals surface area contributed by atoms with Crippen molar-refractivity contribution < 1.29 is 14.3 Å². The summed E-state index contributed by atoms with van der Waals surface area (Å²) in [5.74, 6) is 2.51. The zero-order valence-corrected chi connectivity index (χ0v) is 10.2. The van der Waals surface area contributed by atoms with Crippen molar-refractivity contribution in [3.8, 4) is 12.3 Å². The number of carbonyl (C=O) groups is 1. The van der Waals surface area contributed by atoms with Crippen LogP contribution in [-0.4, -0.2) is 49.3 Å². The Hall–Kier alpha value is -1.05. The average Bonchev–Trinajstić information content (AvgIpc) is 2.29. The Bertz CT molecular complexity index is 293. The molecule has 16 heavy (non-hydrogen) atoms. The molecule has 0 spiro atoms. The second-order valence-electron chi connectivity index (χ2n) is 4.42. The second kappa shape index (κ2) is 5.33. The smallest absolute Gasteiger partial charge is 0.308 e. The molecule has 4 nitrogen and oxygen atoms in total. The molecule has 0 aromatic rings. The third-order valence-corrected chi connectivity index (χ3v) is 2.90. The Labute approximate surface area is 96.9 Å². The highest BCUT2D eigenvalue weighted by molar-refractivity contribution is 5.69. The number of terminal acetylenes is 1. The van der Waals surface area contributed by atoms with E-state index in [-0.39, 0.29) is 24.0 Å². The first kappa shape index (κ1) is 13.0. The van der Waals surface area contributed by atoms with E-state index in [4.69, 9.17) is 11.2 Å². The lowest BCUT2D eigenvalue weighted by Crippen LogP contribution is -2.52. The molecule has 0 amide bonds. The van der Waals surface area contributed by atoms with Crippen LogP contribution >= 0.6 is 0 Å². The molecule has 0 radical (unpaired) electrons. The maximum atomic E-state index is 11.1. The third-order valence-electron chi connectivity index (χ3n) is 2.90. The molecule has 1 aliphatic heterocycles. The predicted octanol–water partition coefficient (Wildman–Crippen LogP) is 0.662. The summed E-state index contributed by atoms with van der Waals surface area (Å²) in [4.78, 5) is 13.3. The molecule has 90 valence electrons. The van der Waals surface area contributed by atoms with Crippen LogP contribution in [0.4, 0.5) is 0 Å². The van der Waals surface area contributed by atoms with Crippen molar-refractivity contribution in [2.24, 2.45) is 0 Å². The van der Waals surface area contributed by atoms with Crippen LogP contribution in [0.15, 0.2) is 0 Å². The summed E-state index contributed by atoms with van der Waals surface area (Å²) in [6.45, 7) is 6.06. The number of nitrogens with zero attached hydrogens (tertiary/aromatic N) is 1. The summed E-state index contributed by atoms with van der Waals surface area (Å²) >= 11 is 0. The predicted molar refractivity (Wildman–Crippen MR) is 60.9 cm³/mol. The zero-order chi connectivity index (χ0) is 12.2. The summed E-state index contributed by atoms with van der Waals surface area (Å²) in [6.07, 6.45) is 5.65. The highest BCUT2D eigenvalue weighted by Crippen LogP contribution is 2.18. The molecule has 0 saturated carbocycles. The molecular formula is C12H19NO3. The van der Waals surface area contributed by atoms with Crippen molar-refractivity contribution >= 4 is 5.97 Å². The molecule has 0 aromatic carbocycles. The van der Waals surface area contributed by atoms with Crippen LogP contribution in [0.3, 0.4) is 0 Å². The van der Waals surface area contributed by atoms with Gasteiger partial charge >= 0.3 is 5.97 Å². The fourth-order valence-electron chi connectivity index (χ4n) is 1.71. The van der Waals surface area contributed by atoms with Gasteiger partial charge in [0.25, 0.3) is 0 Å². The molecule has 1 fully saturated rings. The zero-order valence-electron chi connectivity index (χ0n) is 10.2. The first-order valence-electron chi connectivity index (χ1n) is 5.41. The Morgan fingerprint density at radius 1 is 1.69 bits per heavy atom. The largest absolute Gasteiger partial charge is 0.469 e. The summed E-state index contributed by atoms with van der Waals surface area (Å²) in [5, 5.41) is 0. The van der Waals surface area contributed by atoms with Gasteiger partial charge in [-0.15, -0.1) is 6.42 Å². The summed E-state index contributed by atoms with van der Waals surface area (Å²) < 4.78 is 10.1. The van der Waals surface area contributed by atoms with Crippen LogP contribution in [0.2, 0.25) is 0 Å². The maximum Gasteiger partial charge on any atom is 0.308 e. The van der Waals surface area contributed by atoms with Crippen LogP contribution < -0.4 is 0 Å². The molecule has 0 bridgehead atoms. The number of morpholine rings is 1. The fourth-order valence-corrected chi connectivity index (χ4v) is 1.71. The SMILES string of the molecule is C#CC(C)(C)N1CCOC(CC(=O)OC)C1. The van der Waals surface area contributed by atoms with E-state index in [1.54, 1.807) is 0 Å². The molecule has 1 rings (SSSR count). The van der Waals surface area contributed by atoms with E-state index < -0.39 is 0 Å². The van der Waals surface area contributed by atoms with Gasteiger partial charge in [-0.3, -0.25) is 9.69 Å². The lowest BCUT2D eigenvalue weighted by molar-refractivity contribution is -0.146. The highest BCUT2D eigenvalue weighted by atomic mass is 16.5. The van der Waals surface area contributed by atoms with Crippen molar-refractivity contribution in [2.75, 3.05) is 26.8 Å². The Balaban J connectivity index is 2.54. The van der Waals surface area contributed by atoms with Gasteiger partial charge in [-0.25, -0.2) is 0 Å². The molecule has 0 aliphatic carbocycles. The van der Waals surface area contributed by atoms with Gasteiger partial charge in [0.05, 0.1) is 31.8 Å². The van der Waals surface area contributed by atoms with Gasteiger partial charge in [-0.2, -0.15) is 0 Å². The average molecular weight is 225 g/mol. The lowest BCUT2D eigenvalue weighted by atomic mass is 10.0. The first-order chi connectivity index (χ1) is 7.49. The van der Waals surface area contributed by atoms with Gasteiger partial charge in [-0.1, -0.05) is 5.92 Å². The highest BCUT2D eigenvalue weighted by Gasteiger charge is 2.31. The molecule has 0 aromatic heterocycles. The van der Waals surface area contributed by atoms with Crippen LogP contribution in [0.25, 0.3) is 0 Å². The first-order valence-corrected chi connectivity index (χ1v) is 5.41. The Kier molecular flexibility index (Phi) is 4.34. The molecule has 1 atom stereocenters. The van der Waals surface area contributed by atoms with Crippen molar-refractivity contribution in [3.63, 3.8) is 0 Å². The fraction of sp³-hybridized carbons (Fsp3) is 0.750. The molecule has 4 heteroatoms. The van der Waals surface area contributed by atoms with Crippen LogP contribution in [0.1, 0.15) is 20.3 Å². The van der Waals surface area contributed by atoms with Gasteiger partial charge in [-0.05, 0) is 13.8 Å². The number of esters is 1. The van der Waals surface area contributed by atoms with E-state index in [9.17, 15) is 4.79 Å². The normalized spacial score (nSPS) is 22.5. The molecule has 0 N–H and O–H groups in total. The van der Waals surface area contributed by atoms with Crippen molar-refractivity contribution in [3.05, 3.63) is 0 Å². The monoisotopic (exact) mass is 225 g/mol. The van der Waals surface area contributed by atoms with Crippen LogP contribution in [0.5, 0.6) is 0 Å². The second-order valence-corrected chi connectivity index (χ2v) is 4.42. The number of hydrogen-bond donors (Lipinski definition) is 0. The quantitative estimate of drug-likeness (QED) is 0.522. The minimum Gasteiger partial charge on any atom is -0.469 e. The van der Waals surface area contributed by atoms with Gasteiger partial charge in [0.2, 0.25) is 0 Å². The van der Waals surface area contributed by atoms with Crippen molar-refractivity contribution in [1.29, 1.82) is 0 Å². The van der Waals surface area contributed by atoms with Crippen LogP contribution in [-0.2, 0) is 14.3 Å². The molecule has 1 saturated heterocycles. The molecule has 1 heterocycles. The van der Waals surface area contributed by atoms with E-state index in [1.165, 1.54) is 7.11 Å². The van der Waals surface area contributed by atoms with E-state index >= 15 is 0 Å². The van der Waals surface area contributed by atoms with Gasteiger partial charge < -0.3 is 9.47 Å². The summed E-state index contributed by atoms with van der Waals surface area (Å²) in [5.41, 5.74) is -0.294. The maximum absolute atomic E-state index is 11.1. The Morgan fingerprint density at radius 2 is 2.38 bits per heavy atom. The number of methoxy groups -OCH3 is 1. The number of rotatable bonds is 3. The van der Waals surface area contributed by atoms with Gasteiger partial charge in [0, 0.05) is 13.1 Å². The van der Waals surface area contributed by atoms with E-state index in [0.717, 1.165) is 6.54 Å². The topological polar surface area (TPSA) is 38.8 Å². The lowest BCUT2D eigenvalue weighted by Gasteiger charge is -2.40. The third kappa shape index (κ3) is 3.22. The summed E-state index contributed by atoms with van der Waals surface area (Å²) in [7, 11) is 1.38. The molecule has 1 aliphatic rings. The van der Waals surface area contributed by atoms with E-state index in [0.29, 0.717) is 13.2 Å². The number of carbonyl (C=O) groups excluding carboxylic acids is 1. The minimum absolute atomic E-state index is 0.117. The van der Waals surface area contributed by atoms with Crippen molar-refractivity contribution in [2.45, 2.75) is 31.9 Å². The van der Waals surface area contributed by atoms with E-state index in [1.807, 2.05) is 13.8 Å². The van der Waals surface area contributed by atoms with Crippen LogP contribution in [0, 0.1) is 12.3 Å². The van der Waals surface area contributed by atoms with Gasteiger partial charge in [0.1, 0.15) is 0 Å². The van der Waals surface area contributed by atoms with Crippen molar-refractivity contribution in [1.82, 2.24) is 4.90 Å². The number of hydrogen-bond acceptors (Lipinski definition) is 4. The standard InChI is InChI=1S/C12H19NO3/c1-5-12(2,3)13-6-7-16-10(9-13)8-11(14)15-4/h1,10H,6-9H2,2-4H3. The van der Waals surface area contributed by atoms with E-state index in [2.05, 4.69) is 15.6 Å². The minimum atomic E-state index is -0.294. The van der Waals surface area contributed by atoms with Gasteiger partial charge in [0.15, 0.2) is 0 Å². The molecular weight excluding hydrogens is 206 g/mol. The number of ether oxygens (including phenoxy) is 2. The molecule has 1 unspecified atom stereocenters. The Morgan fingerprint density at radius 3 is 2.94 bits per heavy atom. The summed E-state index contributed by atoms with van der Waals surface area (Å²) in [6, 6.07) is 0.